The van der Waals surface area contributed by atoms with Crippen molar-refractivity contribution in [1.29, 1.82) is 0 Å². The van der Waals surface area contributed by atoms with Crippen molar-refractivity contribution in [3.05, 3.63) is 44.9 Å². The van der Waals surface area contributed by atoms with E-state index in [1.54, 1.807) is 10.5 Å². The highest BCUT2D eigenvalue weighted by Crippen LogP contribution is 2.21. The maximum absolute atomic E-state index is 12.1. The van der Waals surface area contributed by atoms with Crippen molar-refractivity contribution < 1.29 is 0 Å². The van der Waals surface area contributed by atoms with Crippen LogP contribution in [0, 0.1) is 0 Å². The SMILES string of the molecule is O=c1cc(C2CCCNC2)nc2cccc(Br)n12. The monoisotopic (exact) mass is 307 g/mol. The van der Waals surface area contributed by atoms with E-state index in [4.69, 9.17) is 0 Å². The zero-order valence-corrected chi connectivity index (χ0v) is 11.5. The second-order valence-corrected chi connectivity index (χ2v) is 5.42. The van der Waals surface area contributed by atoms with Crippen LogP contribution in [0.3, 0.4) is 0 Å². The Balaban J connectivity index is 2.12. The molecule has 5 heteroatoms. The van der Waals surface area contributed by atoms with Crippen LogP contribution in [-0.2, 0) is 0 Å². The summed E-state index contributed by atoms with van der Waals surface area (Å²) in [6.07, 6.45) is 2.24. The molecule has 1 saturated heterocycles. The van der Waals surface area contributed by atoms with Crippen molar-refractivity contribution in [2.45, 2.75) is 18.8 Å². The number of nitrogens with one attached hydrogen (secondary N) is 1. The summed E-state index contributed by atoms with van der Waals surface area (Å²) in [6, 6.07) is 7.27. The van der Waals surface area contributed by atoms with Crippen LogP contribution in [0.5, 0.6) is 0 Å². The van der Waals surface area contributed by atoms with Crippen molar-refractivity contribution in [1.82, 2.24) is 14.7 Å². The van der Waals surface area contributed by atoms with Gasteiger partial charge >= 0.3 is 0 Å². The van der Waals surface area contributed by atoms with E-state index in [1.165, 1.54) is 0 Å². The van der Waals surface area contributed by atoms with Crippen LogP contribution in [-0.4, -0.2) is 22.5 Å². The lowest BCUT2D eigenvalue weighted by atomic mass is 9.96. The highest BCUT2D eigenvalue weighted by Gasteiger charge is 2.18. The zero-order chi connectivity index (χ0) is 12.5. The summed E-state index contributed by atoms with van der Waals surface area (Å²) in [5.74, 6) is 0.357. The highest BCUT2D eigenvalue weighted by atomic mass is 79.9. The number of aromatic nitrogens is 2. The van der Waals surface area contributed by atoms with E-state index >= 15 is 0 Å². The molecule has 3 heterocycles. The van der Waals surface area contributed by atoms with Gasteiger partial charge in [0, 0.05) is 18.5 Å². The number of hydrogen-bond donors (Lipinski definition) is 1. The summed E-state index contributed by atoms with van der Waals surface area (Å²) >= 11 is 3.38. The van der Waals surface area contributed by atoms with E-state index in [2.05, 4.69) is 26.2 Å². The van der Waals surface area contributed by atoms with Gasteiger partial charge in [0.1, 0.15) is 5.65 Å². The Morgan fingerprint density at radius 1 is 1.44 bits per heavy atom. The molecule has 0 aromatic carbocycles. The van der Waals surface area contributed by atoms with E-state index in [1.807, 2.05) is 18.2 Å². The van der Waals surface area contributed by atoms with Gasteiger partial charge in [-0.25, -0.2) is 4.98 Å². The van der Waals surface area contributed by atoms with E-state index in [0.717, 1.165) is 36.2 Å². The van der Waals surface area contributed by atoms with Gasteiger partial charge in [0.05, 0.1) is 10.3 Å². The smallest absolute Gasteiger partial charge is 0.258 e. The van der Waals surface area contributed by atoms with Gasteiger partial charge in [-0.15, -0.1) is 0 Å². The van der Waals surface area contributed by atoms with Crippen LogP contribution >= 0.6 is 15.9 Å². The number of nitrogens with zero attached hydrogens (tertiary/aromatic N) is 2. The number of pyridine rings is 1. The molecule has 0 bridgehead atoms. The predicted molar refractivity (Wildman–Crippen MR) is 74.0 cm³/mol. The summed E-state index contributed by atoms with van der Waals surface area (Å²) in [7, 11) is 0. The molecule has 0 radical (unpaired) electrons. The van der Waals surface area contributed by atoms with E-state index in [9.17, 15) is 4.79 Å². The first-order valence-corrected chi connectivity index (χ1v) is 6.94. The quantitative estimate of drug-likeness (QED) is 0.819. The van der Waals surface area contributed by atoms with Crippen LogP contribution < -0.4 is 10.9 Å². The minimum absolute atomic E-state index is 0.0203. The number of hydrogen-bond acceptors (Lipinski definition) is 3. The second-order valence-electron chi connectivity index (χ2n) is 4.60. The fraction of sp³-hybridized carbons (Fsp3) is 0.385. The summed E-state index contributed by atoms with van der Waals surface area (Å²) < 4.78 is 2.32. The van der Waals surface area contributed by atoms with E-state index in [-0.39, 0.29) is 5.56 Å². The first-order chi connectivity index (χ1) is 8.75. The average molecular weight is 308 g/mol. The minimum Gasteiger partial charge on any atom is -0.316 e. The van der Waals surface area contributed by atoms with Gasteiger partial charge in [-0.1, -0.05) is 6.07 Å². The molecule has 3 rings (SSSR count). The molecule has 94 valence electrons. The Hall–Kier alpha value is -1.20. The van der Waals surface area contributed by atoms with Gasteiger partial charge in [-0.05, 0) is 47.4 Å². The van der Waals surface area contributed by atoms with Crippen molar-refractivity contribution in [3.63, 3.8) is 0 Å². The Kier molecular flexibility index (Phi) is 3.18. The predicted octanol–water partition coefficient (Wildman–Crippen LogP) is 1.92. The van der Waals surface area contributed by atoms with Crippen molar-refractivity contribution >= 4 is 21.6 Å². The van der Waals surface area contributed by atoms with Gasteiger partial charge < -0.3 is 5.32 Å². The van der Waals surface area contributed by atoms with Crippen molar-refractivity contribution in [2.75, 3.05) is 13.1 Å². The highest BCUT2D eigenvalue weighted by molar-refractivity contribution is 9.10. The first kappa shape index (κ1) is 11.9. The maximum Gasteiger partial charge on any atom is 0.258 e. The summed E-state index contributed by atoms with van der Waals surface area (Å²) in [5.41, 5.74) is 1.59. The molecule has 1 aliphatic heterocycles. The van der Waals surface area contributed by atoms with Crippen LogP contribution in [0.15, 0.2) is 33.7 Å². The molecule has 2 aromatic rings. The van der Waals surface area contributed by atoms with Crippen molar-refractivity contribution in [3.8, 4) is 0 Å². The third kappa shape index (κ3) is 2.08. The lowest BCUT2D eigenvalue weighted by Gasteiger charge is -2.22. The lowest BCUT2D eigenvalue weighted by molar-refractivity contribution is 0.454. The van der Waals surface area contributed by atoms with Crippen LogP contribution in [0.4, 0.5) is 0 Å². The molecule has 18 heavy (non-hydrogen) atoms. The molecule has 1 fully saturated rings. The Bertz CT molecular complexity index is 632. The second kappa shape index (κ2) is 4.82. The zero-order valence-electron chi connectivity index (χ0n) is 9.90. The Morgan fingerprint density at radius 3 is 3.11 bits per heavy atom. The standard InChI is InChI=1S/C13H14BrN3O/c14-11-4-1-5-12-16-10(7-13(18)17(11)12)9-3-2-6-15-8-9/h1,4-5,7,9,15H,2-3,6,8H2. The number of halogens is 1. The van der Waals surface area contributed by atoms with Gasteiger partial charge in [0.25, 0.3) is 5.56 Å². The van der Waals surface area contributed by atoms with Crippen molar-refractivity contribution in [2.24, 2.45) is 0 Å². The topological polar surface area (TPSA) is 46.4 Å². The van der Waals surface area contributed by atoms with Crippen LogP contribution in [0.25, 0.3) is 5.65 Å². The van der Waals surface area contributed by atoms with Gasteiger partial charge in [-0.3, -0.25) is 9.20 Å². The summed E-state index contributed by atoms with van der Waals surface area (Å²) in [5, 5.41) is 3.35. The fourth-order valence-corrected chi connectivity index (χ4v) is 2.96. The fourth-order valence-electron chi connectivity index (χ4n) is 2.45. The Morgan fingerprint density at radius 2 is 2.33 bits per heavy atom. The molecule has 0 aliphatic carbocycles. The molecule has 2 aromatic heterocycles. The van der Waals surface area contributed by atoms with Gasteiger partial charge in [0.15, 0.2) is 0 Å². The van der Waals surface area contributed by atoms with Gasteiger partial charge in [0.2, 0.25) is 0 Å². The van der Waals surface area contributed by atoms with Crippen LogP contribution in [0.2, 0.25) is 0 Å². The average Bonchev–Trinajstić information content (AvgIpc) is 2.39. The molecule has 1 aliphatic rings. The Labute approximate surface area is 113 Å². The van der Waals surface area contributed by atoms with E-state index < -0.39 is 0 Å². The molecule has 0 spiro atoms. The lowest BCUT2D eigenvalue weighted by Crippen LogP contribution is -2.30. The maximum atomic E-state index is 12.1. The summed E-state index contributed by atoms with van der Waals surface area (Å²) in [6.45, 7) is 1.98. The minimum atomic E-state index is -0.0203. The number of piperidine rings is 1. The molecular formula is C13H14BrN3O. The van der Waals surface area contributed by atoms with E-state index in [0.29, 0.717) is 11.6 Å². The first-order valence-electron chi connectivity index (χ1n) is 6.14. The third-order valence-electron chi connectivity index (χ3n) is 3.37. The molecule has 0 saturated carbocycles. The molecule has 1 unspecified atom stereocenters. The molecular weight excluding hydrogens is 294 g/mol. The molecule has 4 nitrogen and oxygen atoms in total. The number of fused-ring (bicyclic) bond motifs is 1. The number of rotatable bonds is 1. The molecule has 0 amide bonds. The molecule has 1 N–H and O–H groups in total. The van der Waals surface area contributed by atoms with Gasteiger partial charge in [-0.2, -0.15) is 0 Å². The van der Waals surface area contributed by atoms with Crippen LogP contribution in [0.1, 0.15) is 24.5 Å². The third-order valence-corrected chi connectivity index (χ3v) is 3.99. The largest absolute Gasteiger partial charge is 0.316 e. The summed E-state index contributed by atoms with van der Waals surface area (Å²) in [4.78, 5) is 16.7. The normalized spacial score (nSPS) is 20.2. The molecule has 1 atom stereocenters.